The Morgan fingerprint density at radius 1 is 1.47 bits per heavy atom. The Kier molecular flexibility index (Phi) is 2.89. The van der Waals surface area contributed by atoms with Crippen molar-refractivity contribution in [2.24, 2.45) is 5.41 Å². The van der Waals surface area contributed by atoms with Gasteiger partial charge in [0.2, 0.25) is 0 Å². The van der Waals surface area contributed by atoms with Crippen molar-refractivity contribution in [2.75, 3.05) is 13.1 Å². The minimum Gasteiger partial charge on any atom is -0.481 e. The van der Waals surface area contributed by atoms with E-state index in [1.165, 1.54) is 29.7 Å². The van der Waals surface area contributed by atoms with Gasteiger partial charge in [0.05, 0.1) is 10.3 Å². The van der Waals surface area contributed by atoms with Gasteiger partial charge >= 0.3 is 5.97 Å². The van der Waals surface area contributed by atoms with Crippen LogP contribution in [0.4, 0.5) is 0 Å². The highest BCUT2D eigenvalue weighted by atomic mass is 32.1. The lowest BCUT2D eigenvalue weighted by Gasteiger charge is -2.20. The van der Waals surface area contributed by atoms with Crippen molar-refractivity contribution in [3.63, 3.8) is 0 Å². The van der Waals surface area contributed by atoms with Crippen LogP contribution in [0.2, 0.25) is 0 Å². The molecule has 1 saturated carbocycles. The first-order chi connectivity index (χ1) is 9.01. The number of carbonyl (C=O) groups excluding carboxylic acids is 1. The molecule has 1 atom stereocenters. The van der Waals surface area contributed by atoms with Gasteiger partial charge in [0.1, 0.15) is 0 Å². The number of rotatable bonds is 3. The number of hydrogen-bond donors (Lipinski definition) is 1. The van der Waals surface area contributed by atoms with Gasteiger partial charge in [-0.25, -0.2) is 0 Å². The number of carboxylic acids is 1. The van der Waals surface area contributed by atoms with Crippen LogP contribution < -0.4 is 0 Å². The Balaban J connectivity index is 1.78. The molecule has 19 heavy (non-hydrogen) atoms. The van der Waals surface area contributed by atoms with Crippen molar-refractivity contribution < 1.29 is 14.7 Å². The number of nitrogens with zero attached hydrogens (tertiary/aromatic N) is 1. The normalized spacial score (nSPS) is 26.7. The average Bonchev–Trinajstić information content (AvgIpc) is 2.96. The van der Waals surface area contributed by atoms with E-state index in [1.807, 2.05) is 11.4 Å². The number of carbonyl (C=O) groups is 2. The molecule has 2 aliphatic rings. The molecule has 0 radical (unpaired) electrons. The van der Waals surface area contributed by atoms with E-state index < -0.39 is 11.4 Å². The molecule has 4 nitrogen and oxygen atoms in total. The van der Waals surface area contributed by atoms with Crippen LogP contribution in [-0.4, -0.2) is 35.0 Å². The Labute approximate surface area is 116 Å². The highest BCUT2D eigenvalue weighted by molar-refractivity contribution is 7.12. The third kappa shape index (κ3) is 2.16. The second-order valence-corrected chi connectivity index (χ2v) is 6.74. The summed E-state index contributed by atoms with van der Waals surface area (Å²) in [5.41, 5.74) is 0.381. The summed E-state index contributed by atoms with van der Waals surface area (Å²) < 4.78 is 0. The van der Waals surface area contributed by atoms with Gasteiger partial charge in [-0.2, -0.15) is 0 Å². The fourth-order valence-electron chi connectivity index (χ4n) is 2.66. The van der Waals surface area contributed by atoms with Crippen LogP contribution in [0, 0.1) is 5.41 Å². The summed E-state index contributed by atoms with van der Waals surface area (Å²) in [6.45, 7) is 2.59. The molecule has 1 saturated heterocycles. The molecule has 3 rings (SSSR count). The van der Waals surface area contributed by atoms with Gasteiger partial charge in [0.15, 0.2) is 0 Å². The Hall–Kier alpha value is -1.36. The zero-order valence-corrected chi connectivity index (χ0v) is 11.7. The van der Waals surface area contributed by atoms with Gasteiger partial charge in [-0.15, -0.1) is 11.3 Å². The van der Waals surface area contributed by atoms with E-state index in [1.54, 1.807) is 11.8 Å². The Morgan fingerprint density at radius 3 is 2.79 bits per heavy atom. The summed E-state index contributed by atoms with van der Waals surface area (Å²) in [5, 5.41) is 11.2. The highest BCUT2D eigenvalue weighted by Gasteiger charge is 2.43. The molecular formula is C14H17NO3S. The summed E-state index contributed by atoms with van der Waals surface area (Å²) in [4.78, 5) is 26.3. The van der Waals surface area contributed by atoms with Crippen molar-refractivity contribution in [1.82, 2.24) is 4.90 Å². The maximum Gasteiger partial charge on any atom is 0.311 e. The van der Waals surface area contributed by atoms with Crippen molar-refractivity contribution in [1.29, 1.82) is 0 Å². The maximum atomic E-state index is 12.5. The SMILES string of the molecule is C[C@@]1(C(=O)O)CCN(C(=O)c2sccc2C2CC2)C1. The molecule has 102 valence electrons. The molecule has 1 amide bonds. The quantitative estimate of drug-likeness (QED) is 0.925. The first kappa shape index (κ1) is 12.7. The highest BCUT2D eigenvalue weighted by Crippen LogP contribution is 2.44. The lowest BCUT2D eigenvalue weighted by Crippen LogP contribution is -2.34. The fourth-order valence-corrected chi connectivity index (χ4v) is 3.61. The average molecular weight is 279 g/mol. The van der Waals surface area contributed by atoms with E-state index in [0.717, 1.165) is 4.88 Å². The topological polar surface area (TPSA) is 57.6 Å². The number of amides is 1. The second kappa shape index (κ2) is 4.34. The number of aliphatic carboxylic acids is 1. The van der Waals surface area contributed by atoms with Crippen LogP contribution >= 0.6 is 11.3 Å². The Bertz CT molecular complexity index is 535. The number of carboxylic acid groups (broad SMARTS) is 1. The van der Waals surface area contributed by atoms with Gasteiger partial charge in [0, 0.05) is 13.1 Å². The molecule has 0 unspecified atom stereocenters. The van der Waals surface area contributed by atoms with E-state index in [0.29, 0.717) is 25.4 Å². The molecule has 0 bridgehead atoms. The molecule has 1 N–H and O–H groups in total. The van der Waals surface area contributed by atoms with E-state index in [4.69, 9.17) is 0 Å². The summed E-state index contributed by atoms with van der Waals surface area (Å²) in [6, 6.07) is 2.04. The van der Waals surface area contributed by atoms with Crippen LogP contribution in [0.3, 0.4) is 0 Å². The van der Waals surface area contributed by atoms with Crippen molar-refractivity contribution in [2.45, 2.75) is 32.1 Å². The number of likely N-dealkylation sites (tertiary alicyclic amines) is 1. The molecule has 1 aromatic rings. The molecule has 1 aliphatic heterocycles. The van der Waals surface area contributed by atoms with E-state index in [2.05, 4.69) is 0 Å². The molecule has 2 fully saturated rings. The molecule has 1 aromatic heterocycles. The summed E-state index contributed by atoms with van der Waals surface area (Å²) >= 11 is 1.48. The first-order valence-corrected chi connectivity index (χ1v) is 7.49. The number of hydrogen-bond acceptors (Lipinski definition) is 3. The van der Waals surface area contributed by atoms with Gasteiger partial charge in [-0.3, -0.25) is 9.59 Å². The maximum absolute atomic E-state index is 12.5. The van der Waals surface area contributed by atoms with Crippen LogP contribution in [0.5, 0.6) is 0 Å². The lowest BCUT2D eigenvalue weighted by atomic mass is 9.90. The Morgan fingerprint density at radius 2 is 2.21 bits per heavy atom. The smallest absolute Gasteiger partial charge is 0.311 e. The van der Waals surface area contributed by atoms with Crippen molar-refractivity contribution in [3.05, 3.63) is 21.9 Å². The van der Waals surface area contributed by atoms with Crippen LogP contribution in [0.15, 0.2) is 11.4 Å². The van der Waals surface area contributed by atoms with E-state index >= 15 is 0 Å². The largest absolute Gasteiger partial charge is 0.481 e. The minimum absolute atomic E-state index is 0.0156. The zero-order valence-electron chi connectivity index (χ0n) is 10.9. The predicted octanol–water partition coefficient (Wildman–Crippen LogP) is 2.56. The summed E-state index contributed by atoms with van der Waals surface area (Å²) in [6.07, 6.45) is 2.88. The number of thiophene rings is 1. The van der Waals surface area contributed by atoms with Crippen LogP contribution in [0.25, 0.3) is 0 Å². The second-order valence-electron chi connectivity index (χ2n) is 5.82. The van der Waals surface area contributed by atoms with Crippen molar-refractivity contribution in [3.8, 4) is 0 Å². The molecule has 2 heterocycles. The van der Waals surface area contributed by atoms with Crippen LogP contribution in [0.1, 0.15) is 47.3 Å². The summed E-state index contributed by atoms with van der Waals surface area (Å²) in [7, 11) is 0. The van der Waals surface area contributed by atoms with Crippen molar-refractivity contribution >= 4 is 23.2 Å². The van der Waals surface area contributed by atoms with E-state index in [-0.39, 0.29) is 5.91 Å². The van der Waals surface area contributed by atoms with Gasteiger partial charge < -0.3 is 10.0 Å². The van der Waals surface area contributed by atoms with Gasteiger partial charge in [0.25, 0.3) is 5.91 Å². The monoisotopic (exact) mass is 279 g/mol. The molecule has 1 aliphatic carbocycles. The lowest BCUT2D eigenvalue weighted by molar-refractivity contribution is -0.147. The zero-order chi connectivity index (χ0) is 13.6. The molecular weight excluding hydrogens is 262 g/mol. The van der Waals surface area contributed by atoms with Crippen LogP contribution in [-0.2, 0) is 4.79 Å². The molecule has 0 spiro atoms. The van der Waals surface area contributed by atoms with Gasteiger partial charge in [-0.1, -0.05) is 0 Å². The minimum atomic E-state index is -0.809. The molecule has 0 aromatic carbocycles. The predicted molar refractivity (Wildman–Crippen MR) is 72.6 cm³/mol. The first-order valence-electron chi connectivity index (χ1n) is 6.61. The van der Waals surface area contributed by atoms with Gasteiger partial charge in [-0.05, 0) is 49.1 Å². The third-order valence-electron chi connectivity index (χ3n) is 4.18. The standard InChI is InChI=1S/C14H17NO3S/c1-14(13(17)18)5-6-15(8-14)12(16)11-10(4-7-19-11)9-2-3-9/h4,7,9H,2-3,5-6,8H2,1H3,(H,17,18)/t14-/m1/s1. The molecule has 5 heteroatoms. The fraction of sp³-hybridized carbons (Fsp3) is 0.571. The summed E-state index contributed by atoms with van der Waals surface area (Å²) in [5.74, 6) is -0.239. The third-order valence-corrected chi connectivity index (χ3v) is 5.10. The van der Waals surface area contributed by atoms with E-state index in [9.17, 15) is 14.7 Å².